The minimum Gasteiger partial charge on any atom is -0.455 e. The highest BCUT2D eigenvalue weighted by molar-refractivity contribution is 6.15. The first-order valence-corrected chi connectivity index (χ1v) is 23.8. The van der Waals surface area contributed by atoms with E-state index in [0.717, 1.165) is 89.5 Å². The van der Waals surface area contributed by atoms with E-state index >= 15 is 0 Å². The zero-order valence-electron chi connectivity index (χ0n) is 38.2. The van der Waals surface area contributed by atoms with Crippen LogP contribution in [0.4, 0.5) is 34.1 Å². The van der Waals surface area contributed by atoms with Gasteiger partial charge in [0.2, 0.25) is 0 Å². The molecule has 0 fully saturated rings. The zero-order chi connectivity index (χ0) is 46.4. The van der Waals surface area contributed by atoms with Crippen molar-refractivity contribution in [2.24, 2.45) is 0 Å². The van der Waals surface area contributed by atoms with Gasteiger partial charge in [-0.05, 0) is 119 Å². The molecule has 0 aliphatic carbocycles. The Morgan fingerprint density at radius 2 is 0.671 bits per heavy atom. The Morgan fingerprint density at radius 3 is 1.20 bits per heavy atom. The number of rotatable bonds is 10. The Kier molecular flexibility index (Phi) is 10.1. The van der Waals surface area contributed by atoms with Crippen molar-refractivity contribution in [1.82, 2.24) is 4.57 Å². The molecule has 70 heavy (non-hydrogen) atoms. The molecule has 0 N–H and O–H groups in total. The van der Waals surface area contributed by atoms with Gasteiger partial charge in [0.15, 0.2) is 0 Å². The van der Waals surface area contributed by atoms with Gasteiger partial charge in [-0.25, -0.2) is 0 Å². The van der Waals surface area contributed by atoms with Crippen LogP contribution in [0.2, 0.25) is 0 Å². The van der Waals surface area contributed by atoms with E-state index in [-0.39, 0.29) is 0 Å². The molecular weight excluding hydrogens is 851 g/mol. The number of furan rings is 1. The predicted molar refractivity (Wildman–Crippen MR) is 294 cm³/mol. The summed E-state index contributed by atoms with van der Waals surface area (Å²) < 4.78 is 9.63. The van der Waals surface area contributed by atoms with Crippen LogP contribution < -0.4 is 9.80 Å². The van der Waals surface area contributed by atoms with E-state index in [1.165, 1.54) is 27.4 Å². The van der Waals surface area contributed by atoms with Crippen molar-refractivity contribution in [2.75, 3.05) is 9.80 Å². The molecular formula is C66H45N3O. The van der Waals surface area contributed by atoms with Gasteiger partial charge in [0, 0.05) is 72.5 Å². The molecule has 13 rings (SSSR count). The van der Waals surface area contributed by atoms with Crippen LogP contribution in [0.1, 0.15) is 0 Å². The fourth-order valence-electron chi connectivity index (χ4n) is 10.3. The van der Waals surface area contributed by atoms with Gasteiger partial charge in [0.05, 0.1) is 11.0 Å². The highest BCUT2D eigenvalue weighted by Crippen LogP contribution is 2.46. The van der Waals surface area contributed by atoms with Crippen molar-refractivity contribution in [1.29, 1.82) is 0 Å². The average molecular weight is 896 g/mol. The lowest BCUT2D eigenvalue weighted by atomic mass is 9.98. The minimum atomic E-state index is 0.849. The van der Waals surface area contributed by atoms with Crippen LogP contribution in [-0.4, -0.2) is 4.57 Å². The maximum absolute atomic E-state index is 7.25. The van der Waals surface area contributed by atoms with Gasteiger partial charge in [0.25, 0.3) is 0 Å². The molecule has 4 heteroatoms. The van der Waals surface area contributed by atoms with Crippen molar-refractivity contribution in [3.05, 3.63) is 273 Å². The smallest absolute Gasteiger partial charge is 0.143 e. The molecule has 0 bridgehead atoms. The Hall–Kier alpha value is -9.38. The summed E-state index contributed by atoms with van der Waals surface area (Å²) in [4.78, 5) is 4.68. The lowest BCUT2D eigenvalue weighted by molar-refractivity contribution is 0.671. The maximum Gasteiger partial charge on any atom is 0.143 e. The molecule has 0 aliphatic rings. The van der Waals surface area contributed by atoms with Gasteiger partial charge in [-0.15, -0.1) is 0 Å². The average Bonchev–Trinajstić information content (AvgIpc) is 3.98. The number of hydrogen-bond donors (Lipinski definition) is 0. The van der Waals surface area contributed by atoms with Gasteiger partial charge >= 0.3 is 0 Å². The summed E-state index contributed by atoms with van der Waals surface area (Å²) in [5.41, 5.74) is 18.1. The van der Waals surface area contributed by atoms with Gasteiger partial charge in [-0.2, -0.15) is 0 Å². The highest BCUT2D eigenvalue weighted by Gasteiger charge is 2.22. The summed E-state index contributed by atoms with van der Waals surface area (Å²) >= 11 is 0. The summed E-state index contributed by atoms with van der Waals surface area (Å²) in [6, 6.07) is 97.5. The number of anilines is 6. The topological polar surface area (TPSA) is 24.6 Å². The van der Waals surface area contributed by atoms with E-state index < -0.39 is 0 Å². The van der Waals surface area contributed by atoms with E-state index in [2.05, 4.69) is 287 Å². The Labute approximate surface area is 406 Å². The van der Waals surface area contributed by atoms with Crippen LogP contribution in [0.3, 0.4) is 0 Å². The molecule has 0 unspecified atom stereocenters. The van der Waals surface area contributed by atoms with E-state index in [1.54, 1.807) is 0 Å². The number of hydrogen-bond acceptors (Lipinski definition) is 3. The van der Waals surface area contributed by atoms with Crippen LogP contribution in [0.15, 0.2) is 277 Å². The number of benzene rings is 11. The lowest BCUT2D eigenvalue weighted by Crippen LogP contribution is -2.13. The van der Waals surface area contributed by atoms with Crippen molar-refractivity contribution in [3.63, 3.8) is 0 Å². The SMILES string of the molecule is c1ccc(-c2ccc(-n3c4ccccc4c4cc(-c5cccc6c5oc5c(-c7cc(N(c8ccccc8)c8ccccc8)cc(N(c8ccccc8)c8ccccc8)c7)cccc56)ccc43)cc2)cc1. The summed E-state index contributed by atoms with van der Waals surface area (Å²) in [5, 5.41) is 4.56. The molecule has 0 saturated heterocycles. The van der Waals surface area contributed by atoms with Crippen molar-refractivity contribution >= 4 is 77.9 Å². The molecule has 0 atom stereocenters. The first-order valence-electron chi connectivity index (χ1n) is 23.8. The first kappa shape index (κ1) is 40.9. The van der Waals surface area contributed by atoms with E-state index in [9.17, 15) is 0 Å². The molecule has 330 valence electrons. The number of para-hydroxylation sites is 7. The van der Waals surface area contributed by atoms with Crippen LogP contribution in [-0.2, 0) is 0 Å². The quantitative estimate of drug-likeness (QED) is 0.137. The molecule has 0 saturated carbocycles. The van der Waals surface area contributed by atoms with Crippen LogP contribution in [0.5, 0.6) is 0 Å². The summed E-state index contributed by atoms with van der Waals surface area (Å²) in [5.74, 6) is 0. The Bertz CT molecular complexity index is 3800. The maximum atomic E-state index is 7.25. The van der Waals surface area contributed by atoms with Crippen molar-refractivity contribution in [3.8, 4) is 39.1 Å². The fraction of sp³-hybridized carbons (Fsp3) is 0. The molecule has 0 aliphatic heterocycles. The zero-order valence-corrected chi connectivity index (χ0v) is 38.2. The minimum absolute atomic E-state index is 0.849. The van der Waals surface area contributed by atoms with E-state index in [4.69, 9.17) is 4.42 Å². The highest BCUT2D eigenvalue weighted by atomic mass is 16.3. The largest absolute Gasteiger partial charge is 0.455 e. The third kappa shape index (κ3) is 7.18. The summed E-state index contributed by atoms with van der Waals surface area (Å²) in [7, 11) is 0. The third-order valence-corrected chi connectivity index (χ3v) is 13.5. The molecule has 13 aromatic rings. The normalized spacial score (nSPS) is 11.4. The number of fused-ring (bicyclic) bond motifs is 6. The molecule has 2 aromatic heterocycles. The lowest BCUT2D eigenvalue weighted by Gasteiger charge is -2.30. The van der Waals surface area contributed by atoms with Gasteiger partial charge in [-0.1, -0.05) is 176 Å². The summed E-state index contributed by atoms with van der Waals surface area (Å²) in [6.45, 7) is 0. The van der Waals surface area contributed by atoms with Gasteiger partial charge in [0.1, 0.15) is 11.2 Å². The van der Waals surface area contributed by atoms with Crippen molar-refractivity contribution < 1.29 is 4.42 Å². The van der Waals surface area contributed by atoms with Crippen LogP contribution >= 0.6 is 0 Å². The molecule has 0 spiro atoms. The first-order chi connectivity index (χ1) is 34.7. The Balaban J connectivity index is 0.984. The van der Waals surface area contributed by atoms with E-state index in [0.29, 0.717) is 0 Å². The van der Waals surface area contributed by atoms with Gasteiger partial charge < -0.3 is 18.8 Å². The molecule has 2 heterocycles. The predicted octanol–water partition coefficient (Wildman–Crippen LogP) is 18.6. The van der Waals surface area contributed by atoms with E-state index in [1.807, 2.05) is 0 Å². The van der Waals surface area contributed by atoms with Crippen molar-refractivity contribution in [2.45, 2.75) is 0 Å². The second-order valence-electron chi connectivity index (χ2n) is 17.7. The standard InChI is InChI=1S/C66H45N3O/c1-6-20-46(21-7-1)47-36-39-54(40-37-47)69-63-35-17-16-30-59(63)62-44-48(38-41-64(62)69)57-31-18-33-60-61-34-19-32-58(66(61)70-65(57)60)49-42-55(67(50-22-8-2-9-23-50)51-24-10-3-11-25-51)45-56(43-49)68(52-26-12-4-13-27-52)53-28-14-5-15-29-53/h1-45H. The van der Waals surface area contributed by atoms with Gasteiger partial charge in [-0.3, -0.25) is 0 Å². The number of nitrogens with zero attached hydrogens (tertiary/aromatic N) is 3. The van der Waals surface area contributed by atoms with Crippen LogP contribution in [0, 0.1) is 0 Å². The molecule has 11 aromatic carbocycles. The molecule has 0 amide bonds. The number of aromatic nitrogens is 1. The molecule has 4 nitrogen and oxygen atoms in total. The second kappa shape index (κ2) is 17.4. The van der Waals surface area contributed by atoms with Crippen LogP contribution in [0.25, 0.3) is 82.8 Å². The summed E-state index contributed by atoms with van der Waals surface area (Å²) in [6.07, 6.45) is 0. The third-order valence-electron chi connectivity index (χ3n) is 13.5. The fourth-order valence-corrected chi connectivity index (χ4v) is 10.3. The Morgan fingerprint density at radius 1 is 0.257 bits per heavy atom. The monoisotopic (exact) mass is 895 g/mol. The second-order valence-corrected chi connectivity index (χ2v) is 17.7. The molecule has 0 radical (unpaired) electrons.